The van der Waals surface area contributed by atoms with Crippen LogP contribution in [0.4, 0.5) is 0 Å². The molecule has 4 rings (SSSR count). The fourth-order valence-electron chi connectivity index (χ4n) is 4.85. The van der Waals surface area contributed by atoms with Gasteiger partial charge in [-0.2, -0.15) is 0 Å². The molecule has 1 N–H and O–H groups in total. The van der Waals surface area contributed by atoms with Gasteiger partial charge in [-0.25, -0.2) is 0 Å². The molecule has 0 unspecified atom stereocenters. The summed E-state index contributed by atoms with van der Waals surface area (Å²) in [6.45, 7) is 1.36. The highest BCUT2D eigenvalue weighted by atomic mass is 16.5. The van der Waals surface area contributed by atoms with Crippen molar-refractivity contribution in [3.05, 3.63) is 35.9 Å². The molecule has 2 bridgehead atoms. The smallest absolute Gasteiger partial charge is 0.231 e. The maximum atomic E-state index is 13.2. The van der Waals surface area contributed by atoms with E-state index < -0.39 is 0 Å². The number of hydrogen-bond donors (Lipinski definition) is 1. The lowest BCUT2D eigenvalue weighted by atomic mass is 9.73. The van der Waals surface area contributed by atoms with Crippen LogP contribution in [0.1, 0.15) is 44.1 Å². The summed E-state index contributed by atoms with van der Waals surface area (Å²) in [5.74, 6) is 1.82. The van der Waals surface area contributed by atoms with Gasteiger partial charge >= 0.3 is 0 Å². The van der Waals surface area contributed by atoms with Crippen molar-refractivity contribution < 1.29 is 9.53 Å². The molecule has 22 heavy (non-hydrogen) atoms. The first-order valence-corrected chi connectivity index (χ1v) is 8.72. The minimum absolute atomic E-state index is 0.236. The van der Waals surface area contributed by atoms with Crippen molar-refractivity contribution in [2.75, 3.05) is 13.2 Å². The Hall–Kier alpha value is -1.35. The third kappa shape index (κ3) is 2.36. The molecule has 3 nitrogen and oxygen atoms in total. The quantitative estimate of drug-likeness (QED) is 0.931. The number of nitrogens with one attached hydrogen (secondary N) is 1. The first-order valence-electron chi connectivity index (χ1n) is 8.72. The average molecular weight is 299 g/mol. The van der Waals surface area contributed by atoms with Gasteiger partial charge in [-0.3, -0.25) is 4.79 Å². The number of carbonyl (C=O) groups excluding carboxylic acids is 1. The summed E-state index contributed by atoms with van der Waals surface area (Å²) in [7, 11) is 0. The van der Waals surface area contributed by atoms with Gasteiger partial charge in [0.25, 0.3) is 0 Å². The van der Waals surface area contributed by atoms with Gasteiger partial charge in [0.15, 0.2) is 0 Å². The number of carbonyl (C=O) groups is 1. The van der Waals surface area contributed by atoms with Crippen molar-refractivity contribution in [1.82, 2.24) is 5.32 Å². The van der Waals surface area contributed by atoms with Crippen molar-refractivity contribution in [2.24, 2.45) is 11.8 Å². The minimum Gasteiger partial charge on any atom is -0.381 e. The highest BCUT2D eigenvalue weighted by Crippen LogP contribution is 2.45. The van der Waals surface area contributed by atoms with Gasteiger partial charge in [0, 0.05) is 19.3 Å². The van der Waals surface area contributed by atoms with Crippen LogP contribution in [-0.4, -0.2) is 25.2 Å². The van der Waals surface area contributed by atoms with Crippen LogP contribution in [0.5, 0.6) is 0 Å². The second-order valence-corrected chi connectivity index (χ2v) is 7.32. The predicted octanol–water partition coefficient (Wildman–Crippen LogP) is 3.04. The monoisotopic (exact) mass is 299 g/mol. The van der Waals surface area contributed by atoms with Crippen molar-refractivity contribution in [3.63, 3.8) is 0 Å². The van der Waals surface area contributed by atoms with Crippen molar-refractivity contribution in [1.29, 1.82) is 0 Å². The Labute approximate surface area is 132 Å². The molecule has 3 fully saturated rings. The Bertz CT molecular complexity index is 536. The van der Waals surface area contributed by atoms with Crippen LogP contribution in [0.25, 0.3) is 0 Å². The van der Waals surface area contributed by atoms with Gasteiger partial charge in [-0.1, -0.05) is 36.8 Å². The third-order valence-electron chi connectivity index (χ3n) is 6.16. The Kier molecular flexibility index (Phi) is 3.69. The highest BCUT2D eigenvalue weighted by Gasteiger charge is 2.45. The molecule has 3 atom stereocenters. The molecular weight excluding hydrogens is 274 g/mol. The number of hydrogen-bond acceptors (Lipinski definition) is 2. The minimum atomic E-state index is -0.388. The molecule has 1 aromatic carbocycles. The number of ether oxygens (including phenoxy) is 1. The Morgan fingerprint density at radius 3 is 2.50 bits per heavy atom. The maximum Gasteiger partial charge on any atom is 0.231 e. The number of amides is 1. The zero-order valence-corrected chi connectivity index (χ0v) is 13.1. The molecule has 0 radical (unpaired) electrons. The van der Waals surface area contributed by atoms with E-state index >= 15 is 0 Å². The molecule has 2 saturated carbocycles. The molecule has 0 aromatic heterocycles. The molecule has 1 aliphatic heterocycles. The molecule has 3 heteroatoms. The lowest BCUT2D eigenvalue weighted by molar-refractivity contribution is -0.131. The zero-order valence-electron chi connectivity index (χ0n) is 13.1. The molecule has 1 aromatic rings. The van der Waals surface area contributed by atoms with Gasteiger partial charge in [-0.05, 0) is 49.5 Å². The maximum absolute atomic E-state index is 13.2. The average Bonchev–Trinajstić information content (AvgIpc) is 3.19. The molecule has 0 spiro atoms. The van der Waals surface area contributed by atoms with E-state index in [9.17, 15) is 4.79 Å². The predicted molar refractivity (Wildman–Crippen MR) is 85.6 cm³/mol. The van der Waals surface area contributed by atoms with Crippen LogP contribution in [-0.2, 0) is 14.9 Å². The van der Waals surface area contributed by atoms with E-state index in [-0.39, 0.29) is 11.3 Å². The van der Waals surface area contributed by atoms with E-state index in [0.29, 0.717) is 19.3 Å². The van der Waals surface area contributed by atoms with Gasteiger partial charge in [0.1, 0.15) is 0 Å². The molecular formula is C19H25NO2. The van der Waals surface area contributed by atoms with E-state index in [0.717, 1.165) is 30.2 Å². The standard InChI is InChI=1S/C19H25NO2/c21-18(20-17-13-14-6-7-15(17)12-14)19(8-10-22-11-9-19)16-4-2-1-3-5-16/h1-5,14-15,17H,6-13H2,(H,20,21)/t14-,15-,17-/m0/s1. The second-order valence-electron chi connectivity index (χ2n) is 7.32. The lowest BCUT2D eigenvalue weighted by Gasteiger charge is -2.38. The number of benzene rings is 1. The normalized spacial score (nSPS) is 32.8. The molecule has 1 heterocycles. The molecule has 1 saturated heterocycles. The number of fused-ring (bicyclic) bond motifs is 2. The van der Waals surface area contributed by atoms with Crippen molar-refractivity contribution in [3.8, 4) is 0 Å². The Morgan fingerprint density at radius 1 is 1.09 bits per heavy atom. The summed E-state index contributed by atoms with van der Waals surface area (Å²) < 4.78 is 5.54. The largest absolute Gasteiger partial charge is 0.381 e. The molecule has 118 valence electrons. The summed E-state index contributed by atoms with van der Waals surface area (Å²) in [6.07, 6.45) is 6.78. The SMILES string of the molecule is O=C(N[C@H]1C[C@H]2CC[C@H]1C2)C1(c2ccccc2)CCOCC1. The van der Waals surface area contributed by atoms with Crippen LogP contribution in [0.15, 0.2) is 30.3 Å². The van der Waals surface area contributed by atoms with Gasteiger partial charge in [0.05, 0.1) is 5.41 Å². The van der Waals surface area contributed by atoms with E-state index in [1.807, 2.05) is 18.2 Å². The summed E-state index contributed by atoms with van der Waals surface area (Å²) in [4.78, 5) is 13.2. The van der Waals surface area contributed by atoms with Crippen LogP contribution < -0.4 is 5.32 Å². The van der Waals surface area contributed by atoms with Crippen LogP contribution in [0.3, 0.4) is 0 Å². The lowest BCUT2D eigenvalue weighted by Crippen LogP contribution is -2.52. The summed E-state index contributed by atoms with van der Waals surface area (Å²) >= 11 is 0. The van der Waals surface area contributed by atoms with Gasteiger partial charge < -0.3 is 10.1 Å². The molecule has 1 amide bonds. The third-order valence-corrected chi connectivity index (χ3v) is 6.16. The van der Waals surface area contributed by atoms with Gasteiger partial charge in [0.2, 0.25) is 5.91 Å². The second kappa shape index (κ2) is 5.69. The van der Waals surface area contributed by atoms with Crippen molar-refractivity contribution >= 4 is 5.91 Å². The van der Waals surface area contributed by atoms with E-state index in [2.05, 4.69) is 17.4 Å². The van der Waals surface area contributed by atoms with Gasteiger partial charge in [-0.15, -0.1) is 0 Å². The van der Waals surface area contributed by atoms with E-state index in [1.54, 1.807) is 0 Å². The van der Waals surface area contributed by atoms with Crippen LogP contribution in [0.2, 0.25) is 0 Å². The molecule has 2 aliphatic carbocycles. The first kappa shape index (κ1) is 14.3. The molecule has 3 aliphatic rings. The van der Waals surface area contributed by atoms with E-state index in [1.165, 1.54) is 25.7 Å². The summed E-state index contributed by atoms with van der Waals surface area (Å²) in [5.41, 5.74) is 0.764. The number of rotatable bonds is 3. The zero-order chi connectivity index (χ0) is 15.0. The Morgan fingerprint density at radius 2 is 1.86 bits per heavy atom. The van der Waals surface area contributed by atoms with Crippen molar-refractivity contribution in [2.45, 2.75) is 50.0 Å². The Balaban J connectivity index is 1.56. The fraction of sp³-hybridized carbons (Fsp3) is 0.632. The first-order chi connectivity index (χ1) is 10.8. The highest BCUT2D eigenvalue weighted by molar-refractivity contribution is 5.88. The topological polar surface area (TPSA) is 38.3 Å². The van der Waals surface area contributed by atoms with Crippen LogP contribution >= 0.6 is 0 Å². The van der Waals surface area contributed by atoms with E-state index in [4.69, 9.17) is 4.74 Å². The fourth-order valence-corrected chi connectivity index (χ4v) is 4.85. The summed E-state index contributed by atoms with van der Waals surface area (Å²) in [5, 5.41) is 3.42. The van der Waals surface area contributed by atoms with Crippen LogP contribution in [0, 0.1) is 11.8 Å². The summed E-state index contributed by atoms with van der Waals surface area (Å²) in [6, 6.07) is 10.7.